The molecule has 5 aromatic carbocycles. The Morgan fingerprint density at radius 2 is 0.338 bits per heavy atom. The van der Waals surface area contributed by atoms with Gasteiger partial charge in [0.15, 0.2) is 93.1 Å². The van der Waals surface area contributed by atoms with Gasteiger partial charge in [0.05, 0.1) is 34.1 Å². The first-order chi connectivity index (χ1) is 37.7. The number of aliphatic hydroxyl groups is 4. The molecule has 0 aliphatic carbocycles. The monoisotopic (exact) mass is 1150 g/mol. The van der Waals surface area contributed by atoms with Crippen molar-refractivity contribution in [3.63, 3.8) is 0 Å². The Bertz CT molecular complexity index is 3340. The zero-order valence-electron chi connectivity index (χ0n) is 38.7. The standard InChI is InChI=1S/C52H26F20N4O4/c53-29-25(30(54)38(62)45(69)37(29)61)49(77)19-9-5-15(73-19)23(16-6-10-20(74-16)50(78)26-31(55)39(63)46(70)40(64)32(26)56)13-1-2-14(4-3-13)24(17-7-11-21(75-17)51(79)27-33(57)41(65)47(71)42(66)34(27)58)18-8-12-22(76-18)52(80)28-35(59)43(67)48(72)44(68)36(28)60/h1-12,23-24,49-52,73-80H. The summed E-state index contributed by atoms with van der Waals surface area (Å²) in [5, 5.41) is 44.1. The molecule has 0 aliphatic rings. The van der Waals surface area contributed by atoms with Crippen LogP contribution in [0.15, 0.2) is 72.8 Å². The van der Waals surface area contributed by atoms with Crippen molar-refractivity contribution in [1.82, 2.24) is 19.9 Å². The highest BCUT2D eigenvalue weighted by atomic mass is 19.2. The number of H-pyrrole nitrogens is 4. The maximum atomic E-state index is 14.9. The molecule has 8 nitrogen and oxygen atoms in total. The number of halogens is 20. The molecule has 0 saturated carbocycles. The average molecular weight is 1150 g/mol. The second-order valence-electron chi connectivity index (χ2n) is 17.6. The molecule has 4 aromatic heterocycles. The molecule has 0 aliphatic heterocycles. The topological polar surface area (TPSA) is 144 Å². The molecule has 4 heterocycles. The Labute approximate surface area is 431 Å². The predicted octanol–water partition coefficient (Wildman–Crippen LogP) is 12.5. The van der Waals surface area contributed by atoms with Crippen LogP contribution in [-0.2, 0) is 0 Å². The molecule has 0 bridgehead atoms. The molecule has 80 heavy (non-hydrogen) atoms. The minimum atomic E-state index is -2.65. The highest BCUT2D eigenvalue weighted by molar-refractivity contribution is 5.47. The highest BCUT2D eigenvalue weighted by Crippen LogP contribution is 2.41. The molecule has 8 N–H and O–H groups in total. The van der Waals surface area contributed by atoms with Crippen LogP contribution in [0.4, 0.5) is 87.8 Å². The van der Waals surface area contributed by atoms with E-state index >= 15 is 0 Å². The Kier molecular flexibility index (Phi) is 14.8. The molecule has 0 radical (unpaired) electrons. The first-order valence-electron chi connectivity index (χ1n) is 22.3. The number of benzene rings is 5. The SMILES string of the molecule is OC(c1ccc(C(c2ccc(C(c3ccc(C(O)c4c(F)c(F)c(F)c(F)c4F)[nH]3)c3ccc(C(O)c4c(F)c(F)c(F)c(F)c4F)[nH]3)cc2)c2ccc(C(O)c3c(F)c(F)c(F)c(F)c3F)[nH]2)[nH]1)c1c(F)c(F)c(F)c(F)c1F. The number of aromatic nitrogens is 4. The van der Waals surface area contributed by atoms with Crippen molar-refractivity contribution >= 4 is 0 Å². The van der Waals surface area contributed by atoms with Crippen molar-refractivity contribution in [2.24, 2.45) is 0 Å². The van der Waals surface area contributed by atoms with Crippen molar-refractivity contribution in [2.45, 2.75) is 36.3 Å². The summed E-state index contributed by atoms with van der Waals surface area (Å²) in [6.07, 6.45) is -10.6. The smallest absolute Gasteiger partial charge is 0.200 e. The fraction of sp³-hybridized carbons (Fsp3) is 0.115. The molecular formula is C52H26F20N4O4. The first kappa shape index (κ1) is 56.4. The van der Waals surface area contributed by atoms with Gasteiger partial charge in [0.2, 0.25) is 23.3 Å². The summed E-state index contributed by atoms with van der Waals surface area (Å²) in [7, 11) is 0. The molecule has 28 heteroatoms. The normalized spacial score (nSPS) is 14.2. The Hall–Kier alpha value is -8.34. The van der Waals surface area contributed by atoms with Crippen molar-refractivity contribution in [2.75, 3.05) is 0 Å². The largest absolute Gasteiger partial charge is 0.382 e. The van der Waals surface area contributed by atoms with Gasteiger partial charge in [-0.1, -0.05) is 24.3 Å². The third-order valence-corrected chi connectivity index (χ3v) is 13.0. The second-order valence-corrected chi connectivity index (χ2v) is 17.6. The van der Waals surface area contributed by atoms with Crippen LogP contribution in [0, 0.1) is 116 Å². The lowest BCUT2D eigenvalue weighted by molar-refractivity contribution is 0.198. The maximum absolute atomic E-state index is 14.9. The first-order valence-corrected chi connectivity index (χ1v) is 22.3. The van der Waals surface area contributed by atoms with Crippen LogP contribution in [0.2, 0.25) is 0 Å². The molecule has 9 rings (SSSR count). The third-order valence-electron chi connectivity index (χ3n) is 13.0. The summed E-state index contributed by atoms with van der Waals surface area (Å²) in [6, 6.07) is 12.7. The fourth-order valence-corrected chi connectivity index (χ4v) is 9.03. The van der Waals surface area contributed by atoms with Gasteiger partial charge in [-0.25, -0.2) is 87.8 Å². The van der Waals surface area contributed by atoms with E-state index < -0.39 is 198 Å². The Morgan fingerprint density at radius 3 is 0.500 bits per heavy atom. The zero-order chi connectivity index (χ0) is 58.4. The lowest BCUT2D eigenvalue weighted by atomic mass is 9.88. The minimum Gasteiger partial charge on any atom is -0.382 e. The lowest BCUT2D eigenvalue weighted by Crippen LogP contribution is -2.14. The van der Waals surface area contributed by atoms with E-state index in [4.69, 9.17) is 0 Å². The quantitative estimate of drug-likeness (QED) is 0.0312. The minimum absolute atomic E-state index is 0.00596. The third kappa shape index (κ3) is 9.13. The molecule has 0 saturated heterocycles. The van der Waals surface area contributed by atoms with Gasteiger partial charge in [-0.05, 0) is 59.7 Å². The molecule has 418 valence electrons. The van der Waals surface area contributed by atoms with Gasteiger partial charge in [0.25, 0.3) is 0 Å². The van der Waals surface area contributed by atoms with E-state index in [0.717, 1.165) is 48.5 Å². The lowest BCUT2D eigenvalue weighted by Gasteiger charge is -2.20. The van der Waals surface area contributed by atoms with Crippen LogP contribution in [0.3, 0.4) is 0 Å². The van der Waals surface area contributed by atoms with Crippen LogP contribution in [0.1, 0.15) is 115 Å². The van der Waals surface area contributed by atoms with Crippen molar-refractivity contribution in [1.29, 1.82) is 0 Å². The molecule has 0 fully saturated rings. The van der Waals surface area contributed by atoms with E-state index in [1.54, 1.807) is 0 Å². The van der Waals surface area contributed by atoms with Gasteiger partial charge in [-0.2, -0.15) is 0 Å². The van der Waals surface area contributed by atoms with Crippen LogP contribution in [0.25, 0.3) is 0 Å². The number of aromatic amines is 4. The molecule has 0 spiro atoms. The zero-order valence-corrected chi connectivity index (χ0v) is 38.7. The number of nitrogens with one attached hydrogen (secondary N) is 4. The Balaban J connectivity index is 1.17. The molecule has 4 atom stereocenters. The predicted molar refractivity (Wildman–Crippen MR) is 233 cm³/mol. The number of rotatable bonds is 14. The molecule has 4 unspecified atom stereocenters. The number of aliphatic hydroxyl groups excluding tert-OH is 4. The van der Waals surface area contributed by atoms with Crippen LogP contribution in [0.5, 0.6) is 0 Å². The van der Waals surface area contributed by atoms with E-state index in [-0.39, 0.29) is 33.9 Å². The summed E-state index contributed by atoms with van der Waals surface area (Å²) >= 11 is 0. The number of hydrogen-bond acceptors (Lipinski definition) is 4. The van der Waals surface area contributed by atoms with Gasteiger partial charge < -0.3 is 40.4 Å². The summed E-state index contributed by atoms with van der Waals surface area (Å²) < 4.78 is 289. The molecule has 0 amide bonds. The average Bonchev–Trinajstić information content (AvgIpc) is 4.31. The van der Waals surface area contributed by atoms with Gasteiger partial charge in [0, 0.05) is 45.6 Å². The van der Waals surface area contributed by atoms with Crippen LogP contribution in [-0.4, -0.2) is 40.4 Å². The van der Waals surface area contributed by atoms with E-state index in [1.807, 2.05) is 0 Å². The number of hydrogen-bond donors (Lipinski definition) is 8. The summed E-state index contributed by atoms with van der Waals surface area (Å²) in [5.74, 6) is -52.2. The second kappa shape index (κ2) is 21.0. The van der Waals surface area contributed by atoms with Gasteiger partial charge in [0.1, 0.15) is 24.4 Å². The summed E-state index contributed by atoms with van der Waals surface area (Å²) in [4.78, 5) is 10.2. The van der Waals surface area contributed by atoms with Crippen LogP contribution >= 0.6 is 0 Å². The summed E-state index contributed by atoms with van der Waals surface area (Å²) in [5.41, 5.74) is -10.4. The maximum Gasteiger partial charge on any atom is 0.200 e. The van der Waals surface area contributed by atoms with Crippen LogP contribution < -0.4 is 0 Å². The molecular weight excluding hydrogens is 1120 g/mol. The fourth-order valence-electron chi connectivity index (χ4n) is 9.03. The van der Waals surface area contributed by atoms with Gasteiger partial charge >= 0.3 is 0 Å². The van der Waals surface area contributed by atoms with E-state index in [2.05, 4.69) is 19.9 Å². The van der Waals surface area contributed by atoms with Crippen molar-refractivity contribution < 1.29 is 108 Å². The van der Waals surface area contributed by atoms with Gasteiger partial charge in [-0.15, -0.1) is 0 Å². The van der Waals surface area contributed by atoms with E-state index in [1.165, 1.54) is 24.3 Å². The van der Waals surface area contributed by atoms with E-state index in [0.29, 0.717) is 0 Å². The summed E-state index contributed by atoms with van der Waals surface area (Å²) in [6.45, 7) is 0. The van der Waals surface area contributed by atoms with Gasteiger partial charge in [-0.3, -0.25) is 0 Å². The Morgan fingerprint density at radius 1 is 0.200 bits per heavy atom. The van der Waals surface area contributed by atoms with Crippen molar-refractivity contribution in [3.05, 3.63) is 268 Å². The van der Waals surface area contributed by atoms with Crippen molar-refractivity contribution in [3.8, 4) is 0 Å². The van der Waals surface area contributed by atoms with E-state index in [9.17, 15) is 108 Å². The molecule has 9 aromatic rings. The highest BCUT2D eigenvalue weighted by Gasteiger charge is 2.37.